The molecular formula is C24H24ClN5O2. The van der Waals surface area contributed by atoms with Gasteiger partial charge in [-0.15, -0.1) is 0 Å². The molecule has 5 rings (SSSR count). The number of nitrogens with zero attached hydrogens (tertiary/aromatic N) is 4. The van der Waals surface area contributed by atoms with Crippen LogP contribution in [0.15, 0.2) is 54.9 Å². The number of carbonyl (C=O) groups is 2. The molecule has 2 aromatic heterocycles. The second kappa shape index (κ2) is 8.74. The molecule has 1 aliphatic carbocycles. The number of hydrogen-bond donors (Lipinski definition) is 1. The molecule has 1 aromatic carbocycles. The van der Waals surface area contributed by atoms with Crippen LogP contribution in [0.2, 0.25) is 5.02 Å². The molecule has 8 heteroatoms. The van der Waals surface area contributed by atoms with Gasteiger partial charge in [0, 0.05) is 59.8 Å². The largest absolute Gasteiger partial charge is 0.354 e. The van der Waals surface area contributed by atoms with Gasteiger partial charge in [-0.2, -0.15) is 5.10 Å². The van der Waals surface area contributed by atoms with E-state index in [4.69, 9.17) is 16.7 Å². The molecule has 3 aromatic rings. The summed E-state index contributed by atoms with van der Waals surface area (Å²) in [4.78, 5) is 30.9. The lowest BCUT2D eigenvalue weighted by molar-refractivity contribution is -0.126. The van der Waals surface area contributed by atoms with E-state index < -0.39 is 0 Å². The van der Waals surface area contributed by atoms with Gasteiger partial charge in [0.1, 0.15) is 0 Å². The fourth-order valence-corrected chi connectivity index (χ4v) is 4.29. The SMILES string of the molecule is O=C(NCCn1nc(-c2ccncc2)cc1C1CC1)[C@H]1CC(=O)N(c2ccc(Cl)cc2)C1. The highest BCUT2D eigenvalue weighted by Gasteiger charge is 2.35. The van der Waals surface area contributed by atoms with E-state index in [1.165, 1.54) is 18.5 Å². The Morgan fingerprint density at radius 1 is 1.12 bits per heavy atom. The van der Waals surface area contributed by atoms with Crippen molar-refractivity contribution in [2.45, 2.75) is 31.7 Å². The van der Waals surface area contributed by atoms with Gasteiger partial charge >= 0.3 is 0 Å². The van der Waals surface area contributed by atoms with E-state index in [1.54, 1.807) is 41.6 Å². The Labute approximate surface area is 191 Å². The minimum Gasteiger partial charge on any atom is -0.354 e. The Morgan fingerprint density at radius 3 is 2.59 bits per heavy atom. The minimum absolute atomic E-state index is 0.0439. The molecule has 7 nitrogen and oxygen atoms in total. The zero-order chi connectivity index (χ0) is 22.1. The average Bonchev–Trinajstić information content (AvgIpc) is 3.45. The molecule has 1 atom stereocenters. The molecule has 2 amide bonds. The third-order valence-electron chi connectivity index (χ3n) is 6.04. The second-order valence-electron chi connectivity index (χ2n) is 8.36. The highest BCUT2D eigenvalue weighted by Crippen LogP contribution is 2.41. The predicted molar refractivity (Wildman–Crippen MR) is 122 cm³/mol. The number of anilines is 1. The number of benzene rings is 1. The van der Waals surface area contributed by atoms with Gasteiger partial charge in [0.05, 0.1) is 18.2 Å². The molecule has 32 heavy (non-hydrogen) atoms. The van der Waals surface area contributed by atoms with E-state index in [1.807, 2.05) is 16.8 Å². The number of aromatic nitrogens is 3. The van der Waals surface area contributed by atoms with Crippen LogP contribution in [0.3, 0.4) is 0 Å². The van der Waals surface area contributed by atoms with Gasteiger partial charge in [0.25, 0.3) is 0 Å². The van der Waals surface area contributed by atoms with Crippen molar-refractivity contribution in [2.75, 3.05) is 18.0 Å². The lowest BCUT2D eigenvalue weighted by atomic mass is 10.1. The Hall–Kier alpha value is -3.19. The summed E-state index contributed by atoms with van der Waals surface area (Å²) in [5.74, 6) is 0.0575. The zero-order valence-electron chi connectivity index (χ0n) is 17.6. The first-order valence-corrected chi connectivity index (χ1v) is 11.3. The lowest BCUT2D eigenvalue weighted by Gasteiger charge is -2.17. The molecule has 1 aliphatic heterocycles. The minimum atomic E-state index is -0.355. The van der Waals surface area contributed by atoms with Crippen molar-refractivity contribution in [3.05, 3.63) is 65.6 Å². The van der Waals surface area contributed by atoms with E-state index in [9.17, 15) is 9.59 Å². The first-order valence-electron chi connectivity index (χ1n) is 10.9. The summed E-state index contributed by atoms with van der Waals surface area (Å²) in [5, 5.41) is 8.39. The zero-order valence-corrected chi connectivity index (χ0v) is 18.3. The van der Waals surface area contributed by atoms with Crippen molar-refractivity contribution in [1.29, 1.82) is 0 Å². The van der Waals surface area contributed by atoms with E-state index in [-0.39, 0.29) is 24.2 Å². The number of amides is 2. The summed E-state index contributed by atoms with van der Waals surface area (Å²) >= 11 is 5.93. The maximum absolute atomic E-state index is 12.7. The molecule has 0 bridgehead atoms. The van der Waals surface area contributed by atoms with Crippen LogP contribution in [-0.4, -0.2) is 39.7 Å². The van der Waals surface area contributed by atoms with Crippen molar-refractivity contribution >= 4 is 29.1 Å². The van der Waals surface area contributed by atoms with Gasteiger partial charge in [-0.05, 0) is 55.3 Å². The van der Waals surface area contributed by atoms with E-state index in [2.05, 4.69) is 16.4 Å². The standard InChI is InChI=1S/C24H24ClN5O2/c25-19-3-5-20(6-4-19)29-15-18(13-23(29)31)24(32)27-11-12-30-22(17-1-2-17)14-21(28-30)16-7-9-26-10-8-16/h3-10,14,17-18H,1-2,11-13,15H2,(H,27,32)/t18-/m0/s1. The predicted octanol–water partition coefficient (Wildman–Crippen LogP) is 3.65. The molecule has 3 heterocycles. The van der Waals surface area contributed by atoms with Gasteiger partial charge < -0.3 is 10.2 Å². The summed E-state index contributed by atoms with van der Waals surface area (Å²) in [6.45, 7) is 1.46. The van der Waals surface area contributed by atoms with Crippen LogP contribution >= 0.6 is 11.6 Å². The smallest absolute Gasteiger partial charge is 0.227 e. The number of nitrogens with one attached hydrogen (secondary N) is 1. The Kier molecular flexibility index (Phi) is 5.66. The Balaban J connectivity index is 1.20. The van der Waals surface area contributed by atoms with Crippen LogP contribution in [0, 0.1) is 5.92 Å². The summed E-state index contributed by atoms with van der Waals surface area (Å²) in [5.41, 5.74) is 3.96. The highest BCUT2D eigenvalue weighted by atomic mass is 35.5. The van der Waals surface area contributed by atoms with Crippen LogP contribution in [-0.2, 0) is 16.1 Å². The molecule has 0 spiro atoms. The second-order valence-corrected chi connectivity index (χ2v) is 8.80. The van der Waals surface area contributed by atoms with Gasteiger partial charge in [0.15, 0.2) is 0 Å². The summed E-state index contributed by atoms with van der Waals surface area (Å²) in [6, 6.07) is 13.2. The van der Waals surface area contributed by atoms with Crippen molar-refractivity contribution in [2.24, 2.45) is 5.92 Å². The van der Waals surface area contributed by atoms with Crippen LogP contribution in [0.5, 0.6) is 0 Å². The number of halogens is 1. The molecule has 0 radical (unpaired) electrons. The van der Waals surface area contributed by atoms with Crippen LogP contribution in [0.4, 0.5) is 5.69 Å². The summed E-state index contributed by atoms with van der Waals surface area (Å²) < 4.78 is 2.01. The molecule has 1 N–H and O–H groups in total. The van der Waals surface area contributed by atoms with Crippen LogP contribution < -0.4 is 10.2 Å². The number of carbonyl (C=O) groups excluding carboxylic acids is 2. The quantitative estimate of drug-likeness (QED) is 0.597. The van der Waals surface area contributed by atoms with Gasteiger partial charge in [-0.25, -0.2) is 0 Å². The maximum Gasteiger partial charge on any atom is 0.227 e. The van der Waals surface area contributed by atoms with Gasteiger partial charge in [-0.1, -0.05) is 11.6 Å². The van der Waals surface area contributed by atoms with Crippen molar-refractivity contribution in [3.8, 4) is 11.3 Å². The van der Waals surface area contributed by atoms with Crippen LogP contribution in [0.25, 0.3) is 11.3 Å². The average molecular weight is 450 g/mol. The molecular weight excluding hydrogens is 426 g/mol. The number of pyridine rings is 1. The molecule has 2 fully saturated rings. The first kappa shape index (κ1) is 20.7. The third-order valence-corrected chi connectivity index (χ3v) is 6.29. The van der Waals surface area contributed by atoms with Gasteiger partial charge in [-0.3, -0.25) is 19.3 Å². The molecule has 1 saturated carbocycles. The summed E-state index contributed by atoms with van der Waals surface area (Å²) in [6.07, 6.45) is 6.11. The fraction of sp³-hybridized carbons (Fsp3) is 0.333. The fourth-order valence-electron chi connectivity index (χ4n) is 4.16. The van der Waals surface area contributed by atoms with E-state index in [0.29, 0.717) is 30.6 Å². The maximum atomic E-state index is 12.7. The van der Waals surface area contributed by atoms with E-state index >= 15 is 0 Å². The molecule has 0 unspecified atom stereocenters. The van der Waals surface area contributed by atoms with Crippen LogP contribution in [0.1, 0.15) is 30.9 Å². The number of hydrogen-bond acceptors (Lipinski definition) is 4. The molecule has 164 valence electrons. The Morgan fingerprint density at radius 2 is 1.88 bits per heavy atom. The number of rotatable bonds is 7. The topological polar surface area (TPSA) is 80.1 Å². The highest BCUT2D eigenvalue weighted by molar-refractivity contribution is 6.30. The normalized spacial score (nSPS) is 18.2. The first-order chi connectivity index (χ1) is 15.6. The summed E-state index contributed by atoms with van der Waals surface area (Å²) in [7, 11) is 0. The Bertz CT molecular complexity index is 1130. The van der Waals surface area contributed by atoms with E-state index in [0.717, 1.165) is 16.9 Å². The molecule has 1 saturated heterocycles. The van der Waals surface area contributed by atoms with Crippen molar-refractivity contribution < 1.29 is 9.59 Å². The van der Waals surface area contributed by atoms with Crippen molar-refractivity contribution in [3.63, 3.8) is 0 Å². The monoisotopic (exact) mass is 449 g/mol. The molecule has 2 aliphatic rings. The third kappa shape index (κ3) is 4.39. The van der Waals surface area contributed by atoms with Crippen molar-refractivity contribution in [1.82, 2.24) is 20.1 Å². The lowest BCUT2D eigenvalue weighted by Crippen LogP contribution is -2.35. The van der Waals surface area contributed by atoms with Gasteiger partial charge in [0.2, 0.25) is 11.8 Å².